The minimum atomic E-state index is -0.769. The highest BCUT2D eigenvalue weighted by atomic mass is 16.5. The summed E-state index contributed by atoms with van der Waals surface area (Å²) >= 11 is 0. The van der Waals surface area contributed by atoms with E-state index in [0.717, 1.165) is 27.8 Å². The number of hydrogen-bond donors (Lipinski definition) is 1. The lowest BCUT2D eigenvalue weighted by molar-refractivity contribution is -0.153. The fraction of sp³-hybridized carbons (Fsp3) is 0.241. The summed E-state index contributed by atoms with van der Waals surface area (Å²) in [6.45, 7) is 2.08. The van der Waals surface area contributed by atoms with Gasteiger partial charge in [0.25, 0.3) is 0 Å². The summed E-state index contributed by atoms with van der Waals surface area (Å²) in [6, 6.07) is 28.0. The van der Waals surface area contributed by atoms with Gasteiger partial charge in [0, 0.05) is 6.42 Å². The van der Waals surface area contributed by atoms with E-state index < -0.39 is 11.8 Å². The zero-order chi connectivity index (χ0) is 24.2. The molecule has 0 bridgehead atoms. The van der Waals surface area contributed by atoms with Crippen LogP contribution in [0.1, 0.15) is 42.9 Å². The van der Waals surface area contributed by atoms with Crippen molar-refractivity contribution in [1.82, 2.24) is 0 Å². The van der Waals surface area contributed by atoms with Gasteiger partial charge in [-0.1, -0.05) is 72.8 Å². The molecular formula is C29H30O5. The average molecular weight is 459 g/mol. The zero-order valence-electron chi connectivity index (χ0n) is 19.4. The molecule has 1 N–H and O–H groups in total. The monoisotopic (exact) mass is 458 g/mol. The molecule has 0 atom stereocenters. The molecule has 5 heteroatoms. The standard InChI is InChI=1S/C29H30O5/c1-2-33-29(32)27(31)15-9-14-26(22-10-5-3-6-11-22)28(23-12-7-4-8-13-23)24-16-18-25(19-17-24)34-21-20-30/h3-8,10-13,16-19,30H,2,9,14-15,20-21H2,1H3/b28-26-. The molecule has 0 aliphatic rings. The van der Waals surface area contributed by atoms with Crippen molar-refractivity contribution in [3.05, 3.63) is 102 Å². The molecule has 5 nitrogen and oxygen atoms in total. The Hall–Kier alpha value is -3.70. The van der Waals surface area contributed by atoms with E-state index in [-0.39, 0.29) is 26.2 Å². The molecule has 0 saturated carbocycles. The molecule has 0 amide bonds. The quantitative estimate of drug-likeness (QED) is 0.226. The van der Waals surface area contributed by atoms with Crippen LogP contribution in [0.25, 0.3) is 11.1 Å². The van der Waals surface area contributed by atoms with E-state index in [1.807, 2.05) is 60.7 Å². The lowest BCUT2D eigenvalue weighted by Crippen LogP contribution is -2.16. The Bertz CT molecular complexity index is 1090. The van der Waals surface area contributed by atoms with Crippen LogP contribution in [0, 0.1) is 0 Å². The fourth-order valence-electron chi connectivity index (χ4n) is 3.79. The van der Waals surface area contributed by atoms with Crippen molar-refractivity contribution in [2.24, 2.45) is 0 Å². The Balaban J connectivity index is 2.01. The van der Waals surface area contributed by atoms with E-state index in [1.165, 1.54) is 0 Å². The van der Waals surface area contributed by atoms with Crippen LogP contribution in [-0.2, 0) is 14.3 Å². The van der Waals surface area contributed by atoms with Crippen molar-refractivity contribution in [1.29, 1.82) is 0 Å². The van der Waals surface area contributed by atoms with Crippen LogP contribution in [0.3, 0.4) is 0 Å². The van der Waals surface area contributed by atoms with E-state index in [2.05, 4.69) is 24.3 Å². The summed E-state index contributed by atoms with van der Waals surface area (Å²) in [5, 5.41) is 9.02. The second-order valence-corrected chi connectivity index (χ2v) is 7.68. The first-order chi connectivity index (χ1) is 16.6. The summed E-state index contributed by atoms with van der Waals surface area (Å²) in [6.07, 6.45) is 1.27. The predicted octanol–water partition coefficient (Wildman–Crippen LogP) is 5.32. The first-order valence-corrected chi connectivity index (χ1v) is 11.5. The topological polar surface area (TPSA) is 72.8 Å². The summed E-state index contributed by atoms with van der Waals surface area (Å²) in [7, 11) is 0. The minimum Gasteiger partial charge on any atom is -0.491 e. The number of ether oxygens (including phenoxy) is 2. The lowest BCUT2D eigenvalue weighted by Gasteiger charge is -2.18. The summed E-state index contributed by atoms with van der Waals surface area (Å²) in [5.41, 5.74) is 5.28. The number of allylic oxidation sites excluding steroid dienone is 1. The predicted molar refractivity (Wildman–Crippen MR) is 133 cm³/mol. The SMILES string of the molecule is CCOC(=O)C(=O)CCC/C(=C(\c1ccccc1)c1ccc(OCCO)cc1)c1ccccc1. The van der Waals surface area contributed by atoms with Crippen molar-refractivity contribution < 1.29 is 24.2 Å². The molecule has 34 heavy (non-hydrogen) atoms. The van der Waals surface area contributed by atoms with E-state index in [9.17, 15) is 9.59 Å². The zero-order valence-corrected chi connectivity index (χ0v) is 19.4. The molecule has 176 valence electrons. The number of rotatable bonds is 12. The van der Waals surface area contributed by atoms with Gasteiger partial charge in [0.15, 0.2) is 0 Å². The number of ketones is 1. The maximum absolute atomic E-state index is 12.2. The van der Waals surface area contributed by atoms with E-state index in [0.29, 0.717) is 18.6 Å². The second kappa shape index (κ2) is 13.1. The summed E-state index contributed by atoms with van der Waals surface area (Å²) in [5.74, 6) is -0.582. The van der Waals surface area contributed by atoms with Crippen molar-refractivity contribution in [3.63, 3.8) is 0 Å². The van der Waals surface area contributed by atoms with Crippen molar-refractivity contribution in [3.8, 4) is 5.75 Å². The minimum absolute atomic E-state index is 0.0421. The van der Waals surface area contributed by atoms with Gasteiger partial charge < -0.3 is 14.6 Å². The van der Waals surface area contributed by atoms with Crippen LogP contribution < -0.4 is 4.74 Å². The molecule has 0 aromatic heterocycles. The third-order valence-electron chi connectivity index (χ3n) is 5.32. The molecule has 0 saturated heterocycles. The largest absolute Gasteiger partial charge is 0.491 e. The number of hydrogen-bond acceptors (Lipinski definition) is 5. The van der Waals surface area contributed by atoms with Gasteiger partial charge in [0.05, 0.1) is 13.2 Å². The third-order valence-corrected chi connectivity index (χ3v) is 5.32. The maximum atomic E-state index is 12.2. The Morgan fingerprint density at radius 1 is 0.765 bits per heavy atom. The number of aliphatic hydroxyl groups is 1. The first kappa shape index (κ1) is 24.9. The van der Waals surface area contributed by atoms with Crippen LogP contribution in [0.2, 0.25) is 0 Å². The average Bonchev–Trinajstić information content (AvgIpc) is 2.88. The number of aliphatic hydroxyl groups excluding tert-OH is 1. The lowest BCUT2D eigenvalue weighted by atomic mass is 9.87. The molecule has 3 aromatic rings. The molecule has 0 heterocycles. The van der Waals surface area contributed by atoms with Gasteiger partial charge in [-0.25, -0.2) is 4.79 Å². The van der Waals surface area contributed by atoms with Crippen molar-refractivity contribution in [2.75, 3.05) is 19.8 Å². The summed E-state index contributed by atoms with van der Waals surface area (Å²) < 4.78 is 10.4. The van der Waals surface area contributed by atoms with Gasteiger partial charge in [-0.15, -0.1) is 0 Å². The van der Waals surface area contributed by atoms with E-state index in [1.54, 1.807) is 6.92 Å². The van der Waals surface area contributed by atoms with Gasteiger partial charge in [-0.3, -0.25) is 4.79 Å². The number of carbonyl (C=O) groups excluding carboxylic acids is 2. The van der Waals surface area contributed by atoms with Gasteiger partial charge >= 0.3 is 5.97 Å². The summed E-state index contributed by atoms with van der Waals surface area (Å²) in [4.78, 5) is 23.9. The molecular weight excluding hydrogens is 428 g/mol. The fourth-order valence-corrected chi connectivity index (χ4v) is 3.79. The van der Waals surface area contributed by atoms with Crippen molar-refractivity contribution in [2.45, 2.75) is 26.2 Å². The van der Waals surface area contributed by atoms with Crippen LogP contribution >= 0.6 is 0 Å². The van der Waals surface area contributed by atoms with Crippen LogP contribution in [-0.4, -0.2) is 36.7 Å². The maximum Gasteiger partial charge on any atom is 0.374 e. The van der Waals surface area contributed by atoms with Crippen molar-refractivity contribution >= 4 is 22.9 Å². The second-order valence-electron chi connectivity index (χ2n) is 7.68. The van der Waals surface area contributed by atoms with Crippen LogP contribution in [0.4, 0.5) is 0 Å². The number of Topliss-reactive ketones (excluding diaryl/α,β-unsaturated/α-hetero) is 1. The van der Waals surface area contributed by atoms with Gasteiger partial charge in [0.1, 0.15) is 12.4 Å². The number of esters is 1. The van der Waals surface area contributed by atoms with Crippen LogP contribution in [0.15, 0.2) is 84.9 Å². The smallest absolute Gasteiger partial charge is 0.374 e. The molecule has 0 spiro atoms. The molecule has 0 aliphatic heterocycles. The highest BCUT2D eigenvalue weighted by molar-refractivity contribution is 6.33. The molecule has 0 unspecified atom stereocenters. The highest BCUT2D eigenvalue weighted by Crippen LogP contribution is 2.36. The van der Waals surface area contributed by atoms with E-state index >= 15 is 0 Å². The van der Waals surface area contributed by atoms with Gasteiger partial charge in [-0.05, 0) is 59.7 Å². The van der Waals surface area contributed by atoms with Gasteiger partial charge in [0.2, 0.25) is 5.78 Å². The van der Waals surface area contributed by atoms with Gasteiger partial charge in [-0.2, -0.15) is 0 Å². The molecule has 0 aliphatic carbocycles. The Morgan fingerprint density at radius 3 is 1.94 bits per heavy atom. The third kappa shape index (κ3) is 6.90. The highest BCUT2D eigenvalue weighted by Gasteiger charge is 2.17. The Kier molecular flexibility index (Phi) is 9.62. The van der Waals surface area contributed by atoms with Crippen LogP contribution in [0.5, 0.6) is 5.75 Å². The molecule has 0 fully saturated rings. The Labute approximate surface area is 200 Å². The molecule has 3 aromatic carbocycles. The number of carbonyl (C=O) groups is 2. The molecule has 3 rings (SSSR count). The Morgan fingerprint density at radius 2 is 1.35 bits per heavy atom. The van der Waals surface area contributed by atoms with E-state index in [4.69, 9.17) is 14.6 Å². The first-order valence-electron chi connectivity index (χ1n) is 11.5. The molecule has 0 radical (unpaired) electrons. The number of benzene rings is 3. The normalized spacial score (nSPS) is 11.5.